The lowest BCUT2D eigenvalue weighted by Crippen LogP contribution is -2.48. The van der Waals surface area contributed by atoms with E-state index < -0.39 is 0 Å². The molecule has 0 saturated carbocycles. The van der Waals surface area contributed by atoms with Gasteiger partial charge in [-0.1, -0.05) is 13.8 Å². The fourth-order valence-electron chi connectivity index (χ4n) is 2.87. The van der Waals surface area contributed by atoms with E-state index in [9.17, 15) is 0 Å². The van der Waals surface area contributed by atoms with E-state index in [4.69, 9.17) is 4.99 Å². The molecule has 0 aliphatic carbocycles. The average Bonchev–Trinajstić information content (AvgIpc) is 2.34. The van der Waals surface area contributed by atoms with Crippen LogP contribution in [0.1, 0.15) is 54.4 Å². The molecule has 0 amide bonds. The number of nitrogens with one attached hydrogen (secondary N) is 2. The lowest BCUT2D eigenvalue weighted by molar-refractivity contribution is 0.162. The highest BCUT2D eigenvalue weighted by Crippen LogP contribution is 2.17. The normalized spacial score (nSPS) is 21.7. The Kier molecular flexibility index (Phi) is 7.50. The van der Waals surface area contributed by atoms with Gasteiger partial charge in [0.2, 0.25) is 0 Å². The van der Waals surface area contributed by atoms with Crippen molar-refractivity contribution in [1.29, 1.82) is 0 Å². The molecule has 1 aliphatic rings. The molecular formula is C17H36N4. The standard InChI is InChI=1S/C17H36N4/c1-7-18-16(20-17(4,5)6)19-11-15-9-8-10-21(13-15)12-14(2)3/h14-15H,7-13H2,1-6H3,(H2,18,19,20). The molecule has 4 nitrogen and oxygen atoms in total. The number of nitrogens with zero attached hydrogens (tertiary/aromatic N) is 2. The molecule has 0 aromatic rings. The number of piperidine rings is 1. The van der Waals surface area contributed by atoms with E-state index in [0.29, 0.717) is 5.92 Å². The van der Waals surface area contributed by atoms with Crippen LogP contribution in [-0.4, -0.2) is 49.1 Å². The Morgan fingerprint density at radius 3 is 2.62 bits per heavy atom. The predicted molar refractivity (Wildman–Crippen MR) is 92.9 cm³/mol. The number of rotatable bonds is 5. The summed E-state index contributed by atoms with van der Waals surface area (Å²) in [5.41, 5.74) is 0.0528. The second kappa shape index (κ2) is 8.62. The van der Waals surface area contributed by atoms with Crippen LogP contribution in [0, 0.1) is 11.8 Å². The fourth-order valence-corrected chi connectivity index (χ4v) is 2.87. The maximum atomic E-state index is 4.80. The Labute approximate surface area is 131 Å². The van der Waals surface area contributed by atoms with Crippen molar-refractivity contribution in [2.24, 2.45) is 16.8 Å². The molecule has 1 heterocycles. The molecule has 1 fully saturated rings. The van der Waals surface area contributed by atoms with Crippen LogP contribution in [0.3, 0.4) is 0 Å². The first-order chi connectivity index (χ1) is 9.80. The van der Waals surface area contributed by atoms with Gasteiger partial charge in [0.25, 0.3) is 0 Å². The van der Waals surface area contributed by atoms with Crippen LogP contribution in [0.5, 0.6) is 0 Å². The topological polar surface area (TPSA) is 39.7 Å². The smallest absolute Gasteiger partial charge is 0.191 e. The van der Waals surface area contributed by atoms with Crippen LogP contribution in [0.25, 0.3) is 0 Å². The van der Waals surface area contributed by atoms with Crippen molar-refractivity contribution in [2.45, 2.75) is 59.9 Å². The average molecular weight is 297 g/mol. The Bertz CT molecular complexity index is 317. The molecule has 21 heavy (non-hydrogen) atoms. The summed E-state index contributed by atoms with van der Waals surface area (Å²) in [6.07, 6.45) is 2.63. The first-order valence-corrected chi connectivity index (χ1v) is 8.59. The summed E-state index contributed by atoms with van der Waals surface area (Å²) in [6.45, 7) is 18.8. The van der Waals surface area contributed by atoms with Crippen molar-refractivity contribution in [3.8, 4) is 0 Å². The molecule has 0 radical (unpaired) electrons. The van der Waals surface area contributed by atoms with E-state index in [-0.39, 0.29) is 5.54 Å². The second-order valence-corrected chi connectivity index (χ2v) is 7.76. The second-order valence-electron chi connectivity index (χ2n) is 7.76. The zero-order valence-corrected chi connectivity index (χ0v) is 15.0. The first-order valence-electron chi connectivity index (χ1n) is 8.59. The van der Waals surface area contributed by atoms with Crippen LogP contribution in [0.15, 0.2) is 4.99 Å². The maximum Gasteiger partial charge on any atom is 0.191 e. The number of guanidine groups is 1. The molecule has 4 heteroatoms. The summed E-state index contributed by atoms with van der Waals surface area (Å²) < 4.78 is 0. The van der Waals surface area contributed by atoms with E-state index in [1.807, 2.05) is 0 Å². The van der Waals surface area contributed by atoms with E-state index in [2.05, 4.69) is 57.1 Å². The van der Waals surface area contributed by atoms with Gasteiger partial charge in [-0.3, -0.25) is 4.99 Å². The van der Waals surface area contributed by atoms with Gasteiger partial charge in [-0.05, 0) is 58.9 Å². The molecule has 1 rings (SSSR count). The molecule has 0 aromatic carbocycles. The summed E-state index contributed by atoms with van der Waals surface area (Å²) in [5, 5.41) is 6.81. The van der Waals surface area contributed by atoms with Crippen LogP contribution in [-0.2, 0) is 0 Å². The first kappa shape index (κ1) is 18.3. The highest BCUT2D eigenvalue weighted by molar-refractivity contribution is 5.80. The molecule has 0 aromatic heterocycles. The summed E-state index contributed by atoms with van der Waals surface area (Å²) in [6, 6.07) is 0. The van der Waals surface area contributed by atoms with E-state index >= 15 is 0 Å². The predicted octanol–water partition coefficient (Wildman–Crippen LogP) is 2.71. The molecule has 1 atom stereocenters. The lowest BCUT2D eigenvalue weighted by Gasteiger charge is -2.33. The lowest BCUT2D eigenvalue weighted by atomic mass is 9.97. The molecule has 1 saturated heterocycles. The van der Waals surface area contributed by atoms with Crippen molar-refractivity contribution in [1.82, 2.24) is 15.5 Å². The van der Waals surface area contributed by atoms with Crippen molar-refractivity contribution >= 4 is 5.96 Å². The Hall–Kier alpha value is -0.770. The van der Waals surface area contributed by atoms with Gasteiger partial charge in [-0.2, -0.15) is 0 Å². The van der Waals surface area contributed by atoms with Gasteiger partial charge in [0.05, 0.1) is 0 Å². The third-order valence-electron chi connectivity index (χ3n) is 3.57. The zero-order valence-electron chi connectivity index (χ0n) is 15.0. The quantitative estimate of drug-likeness (QED) is 0.605. The largest absolute Gasteiger partial charge is 0.357 e. The fraction of sp³-hybridized carbons (Fsp3) is 0.941. The van der Waals surface area contributed by atoms with Crippen molar-refractivity contribution in [2.75, 3.05) is 32.7 Å². The van der Waals surface area contributed by atoms with Crippen LogP contribution >= 0.6 is 0 Å². The number of hydrogen-bond donors (Lipinski definition) is 2. The third-order valence-corrected chi connectivity index (χ3v) is 3.57. The van der Waals surface area contributed by atoms with Crippen molar-refractivity contribution < 1.29 is 0 Å². The molecule has 1 aliphatic heterocycles. The molecule has 124 valence electrons. The van der Waals surface area contributed by atoms with Gasteiger partial charge in [0.1, 0.15) is 0 Å². The Morgan fingerprint density at radius 1 is 1.33 bits per heavy atom. The highest BCUT2D eigenvalue weighted by atomic mass is 15.2. The zero-order chi connectivity index (χ0) is 15.9. The van der Waals surface area contributed by atoms with Gasteiger partial charge in [0, 0.05) is 31.7 Å². The van der Waals surface area contributed by atoms with Crippen LogP contribution in [0.4, 0.5) is 0 Å². The van der Waals surface area contributed by atoms with Gasteiger partial charge >= 0.3 is 0 Å². The van der Waals surface area contributed by atoms with Gasteiger partial charge < -0.3 is 15.5 Å². The molecular weight excluding hydrogens is 260 g/mol. The Balaban J connectivity index is 2.50. The number of aliphatic imine (C=N–C) groups is 1. The highest BCUT2D eigenvalue weighted by Gasteiger charge is 2.20. The number of hydrogen-bond acceptors (Lipinski definition) is 2. The monoisotopic (exact) mass is 296 g/mol. The molecule has 1 unspecified atom stereocenters. The molecule has 0 bridgehead atoms. The summed E-state index contributed by atoms with van der Waals surface area (Å²) in [7, 11) is 0. The van der Waals surface area contributed by atoms with E-state index in [1.165, 1.54) is 32.5 Å². The van der Waals surface area contributed by atoms with Crippen LogP contribution < -0.4 is 10.6 Å². The summed E-state index contributed by atoms with van der Waals surface area (Å²) in [5.74, 6) is 2.41. The summed E-state index contributed by atoms with van der Waals surface area (Å²) >= 11 is 0. The third kappa shape index (κ3) is 8.30. The minimum absolute atomic E-state index is 0.0528. The summed E-state index contributed by atoms with van der Waals surface area (Å²) in [4.78, 5) is 7.41. The van der Waals surface area contributed by atoms with E-state index in [0.717, 1.165) is 25.0 Å². The van der Waals surface area contributed by atoms with Gasteiger partial charge in [0.15, 0.2) is 5.96 Å². The van der Waals surface area contributed by atoms with Gasteiger partial charge in [-0.25, -0.2) is 0 Å². The molecule has 2 N–H and O–H groups in total. The van der Waals surface area contributed by atoms with Crippen LogP contribution in [0.2, 0.25) is 0 Å². The minimum atomic E-state index is 0.0528. The van der Waals surface area contributed by atoms with E-state index in [1.54, 1.807) is 0 Å². The number of likely N-dealkylation sites (tertiary alicyclic amines) is 1. The van der Waals surface area contributed by atoms with Gasteiger partial charge in [-0.15, -0.1) is 0 Å². The SMILES string of the molecule is CCNC(=NCC1CCCN(CC(C)C)C1)NC(C)(C)C. The maximum absolute atomic E-state index is 4.80. The van der Waals surface area contributed by atoms with Crippen molar-refractivity contribution in [3.63, 3.8) is 0 Å². The van der Waals surface area contributed by atoms with Crippen molar-refractivity contribution in [3.05, 3.63) is 0 Å². The Morgan fingerprint density at radius 2 is 2.05 bits per heavy atom. The minimum Gasteiger partial charge on any atom is -0.357 e. The molecule has 0 spiro atoms.